The van der Waals surface area contributed by atoms with Gasteiger partial charge in [-0.25, -0.2) is 9.37 Å². The van der Waals surface area contributed by atoms with Crippen molar-refractivity contribution in [2.45, 2.75) is 13.5 Å². The van der Waals surface area contributed by atoms with Crippen molar-refractivity contribution in [3.05, 3.63) is 23.8 Å². The van der Waals surface area contributed by atoms with Gasteiger partial charge in [-0.2, -0.15) is 0 Å². The van der Waals surface area contributed by atoms with Gasteiger partial charge < -0.3 is 9.15 Å². The Balaban J connectivity index is 2.36. The van der Waals surface area contributed by atoms with Gasteiger partial charge in [-0.1, -0.05) is 0 Å². The molecule has 0 amide bonds. The Labute approximate surface area is 91.8 Å². The number of oxazole rings is 1. The van der Waals surface area contributed by atoms with E-state index in [4.69, 9.17) is 9.15 Å². The van der Waals surface area contributed by atoms with Crippen LogP contribution in [0.3, 0.4) is 0 Å². The molecule has 0 radical (unpaired) electrons. The lowest BCUT2D eigenvalue weighted by molar-refractivity contribution is -0.142. The average molecular weight is 221 g/mol. The lowest BCUT2D eigenvalue weighted by Gasteiger charge is -1.95. The topological polar surface area (TPSA) is 52.3 Å². The van der Waals surface area contributed by atoms with Crippen molar-refractivity contribution < 1.29 is 18.3 Å². The summed E-state index contributed by atoms with van der Waals surface area (Å²) in [6.07, 6.45) is 0. The minimum Gasteiger partial charge on any atom is -0.456 e. The van der Waals surface area contributed by atoms with E-state index in [9.17, 15) is 9.18 Å². The standard InChI is InChI=1S/C10H9BFNO3/c1-5(14)15-4-9-13-8-3-6(12)2-7(11)10(8)16-9/h2-3H,4,11H2,1H3. The molecule has 1 aromatic heterocycles. The first-order valence-electron chi connectivity index (χ1n) is 4.75. The first-order chi connectivity index (χ1) is 7.56. The number of benzene rings is 1. The minimum absolute atomic E-state index is 0.0366. The quantitative estimate of drug-likeness (QED) is 0.540. The number of carbonyl (C=O) groups excluding carboxylic acids is 1. The van der Waals surface area contributed by atoms with E-state index >= 15 is 0 Å². The molecule has 1 aromatic carbocycles. The van der Waals surface area contributed by atoms with Crippen molar-refractivity contribution in [1.82, 2.24) is 4.98 Å². The summed E-state index contributed by atoms with van der Waals surface area (Å²) in [5, 5.41) is 0. The van der Waals surface area contributed by atoms with E-state index in [1.807, 2.05) is 0 Å². The largest absolute Gasteiger partial charge is 0.456 e. The van der Waals surface area contributed by atoms with E-state index in [0.29, 0.717) is 16.6 Å². The maximum absolute atomic E-state index is 13.1. The monoisotopic (exact) mass is 221 g/mol. The molecule has 0 aliphatic carbocycles. The van der Waals surface area contributed by atoms with Crippen molar-refractivity contribution in [2.75, 3.05) is 0 Å². The molecule has 0 saturated heterocycles. The fourth-order valence-corrected chi connectivity index (χ4v) is 1.43. The predicted molar refractivity (Wildman–Crippen MR) is 57.6 cm³/mol. The molecule has 0 fully saturated rings. The molecule has 0 aliphatic heterocycles. The van der Waals surface area contributed by atoms with E-state index < -0.39 is 5.97 Å². The van der Waals surface area contributed by atoms with Crippen molar-refractivity contribution in [2.24, 2.45) is 0 Å². The van der Waals surface area contributed by atoms with Crippen LogP contribution >= 0.6 is 0 Å². The molecule has 2 aromatic rings. The van der Waals surface area contributed by atoms with Crippen molar-refractivity contribution >= 4 is 30.4 Å². The molecule has 0 spiro atoms. The second kappa shape index (κ2) is 3.96. The van der Waals surface area contributed by atoms with Crippen LogP contribution in [0.4, 0.5) is 4.39 Å². The predicted octanol–water partition coefficient (Wildman–Crippen LogP) is 0.288. The maximum Gasteiger partial charge on any atom is 0.303 e. The lowest BCUT2D eigenvalue weighted by atomic mass is 9.95. The first kappa shape index (κ1) is 10.7. The number of hydrogen-bond donors (Lipinski definition) is 0. The highest BCUT2D eigenvalue weighted by Crippen LogP contribution is 2.15. The molecular formula is C10H9BFNO3. The molecule has 82 valence electrons. The normalized spacial score (nSPS) is 10.6. The second-order valence-electron chi connectivity index (χ2n) is 3.46. The molecule has 0 saturated carbocycles. The Kier molecular flexibility index (Phi) is 2.64. The summed E-state index contributed by atoms with van der Waals surface area (Å²) < 4.78 is 23.1. The zero-order valence-corrected chi connectivity index (χ0v) is 8.91. The minimum atomic E-state index is -0.412. The highest BCUT2D eigenvalue weighted by molar-refractivity contribution is 6.37. The van der Waals surface area contributed by atoms with E-state index in [0.717, 1.165) is 0 Å². The maximum atomic E-state index is 13.1. The number of carbonyl (C=O) groups is 1. The van der Waals surface area contributed by atoms with Crippen molar-refractivity contribution in [1.29, 1.82) is 0 Å². The summed E-state index contributed by atoms with van der Waals surface area (Å²) in [4.78, 5) is 14.6. The molecule has 0 N–H and O–H groups in total. The third kappa shape index (κ3) is 2.05. The number of fused-ring (bicyclic) bond motifs is 1. The van der Waals surface area contributed by atoms with E-state index in [-0.39, 0.29) is 18.3 Å². The van der Waals surface area contributed by atoms with Gasteiger partial charge in [-0.3, -0.25) is 4.79 Å². The van der Waals surface area contributed by atoms with Gasteiger partial charge in [-0.15, -0.1) is 0 Å². The summed E-state index contributed by atoms with van der Waals surface area (Å²) in [5.74, 6) is -0.513. The highest BCUT2D eigenvalue weighted by Gasteiger charge is 2.10. The van der Waals surface area contributed by atoms with Crippen molar-refractivity contribution in [3.8, 4) is 0 Å². The summed E-state index contributed by atoms with van der Waals surface area (Å²) in [7, 11) is 1.73. The summed E-state index contributed by atoms with van der Waals surface area (Å²) in [6.45, 7) is 1.26. The van der Waals surface area contributed by atoms with Crippen LogP contribution in [-0.4, -0.2) is 18.8 Å². The summed E-state index contributed by atoms with van der Waals surface area (Å²) in [6, 6.07) is 2.65. The Morgan fingerprint density at radius 1 is 1.62 bits per heavy atom. The van der Waals surface area contributed by atoms with Gasteiger partial charge in [-0.05, 0) is 11.5 Å². The van der Waals surface area contributed by atoms with E-state index in [2.05, 4.69) is 4.98 Å². The second-order valence-corrected chi connectivity index (χ2v) is 3.46. The van der Waals surface area contributed by atoms with Gasteiger partial charge in [0.05, 0.1) is 0 Å². The van der Waals surface area contributed by atoms with Crippen LogP contribution in [0.1, 0.15) is 12.8 Å². The zero-order valence-electron chi connectivity index (χ0n) is 8.91. The van der Waals surface area contributed by atoms with Gasteiger partial charge in [0, 0.05) is 13.0 Å². The fourth-order valence-electron chi connectivity index (χ4n) is 1.43. The molecule has 2 rings (SSSR count). The molecule has 0 aliphatic rings. The first-order valence-corrected chi connectivity index (χ1v) is 4.75. The number of halogens is 1. The van der Waals surface area contributed by atoms with Crippen molar-refractivity contribution in [3.63, 3.8) is 0 Å². The number of aromatic nitrogens is 1. The van der Waals surface area contributed by atoms with Crippen LogP contribution < -0.4 is 5.46 Å². The molecule has 0 bridgehead atoms. The van der Waals surface area contributed by atoms with Gasteiger partial charge in [0.25, 0.3) is 0 Å². The van der Waals surface area contributed by atoms with Crippen LogP contribution in [0.25, 0.3) is 11.1 Å². The molecule has 16 heavy (non-hydrogen) atoms. The smallest absolute Gasteiger partial charge is 0.303 e. The number of esters is 1. The van der Waals surface area contributed by atoms with Gasteiger partial charge >= 0.3 is 5.97 Å². The number of nitrogens with zero attached hydrogens (tertiary/aromatic N) is 1. The number of ether oxygens (including phenoxy) is 1. The average Bonchev–Trinajstić information content (AvgIpc) is 2.57. The molecule has 4 nitrogen and oxygen atoms in total. The highest BCUT2D eigenvalue weighted by atomic mass is 19.1. The van der Waals surface area contributed by atoms with Crippen LogP contribution in [0.5, 0.6) is 0 Å². The number of hydrogen-bond acceptors (Lipinski definition) is 4. The molecule has 1 heterocycles. The Hall–Kier alpha value is -1.85. The number of rotatable bonds is 2. The van der Waals surface area contributed by atoms with Gasteiger partial charge in [0.15, 0.2) is 6.61 Å². The zero-order chi connectivity index (χ0) is 11.7. The summed E-state index contributed by atoms with van der Waals surface area (Å²) >= 11 is 0. The van der Waals surface area contributed by atoms with E-state index in [1.165, 1.54) is 19.1 Å². The molecular weight excluding hydrogens is 212 g/mol. The van der Waals surface area contributed by atoms with Gasteiger partial charge in [0.1, 0.15) is 24.8 Å². The fraction of sp³-hybridized carbons (Fsp3) is 0.200. The Morgan fingerprint density at radius 2 is 2.38 bits per heavy atom. The Morgan fingerprint density at radius 3 is 3.06 bits per heavy atom. The van der Waals surface area contributed by atoms with Crippen LogP contribution in [-0.2, 0) is 16.1 Å². The molecule has 0 unspecified atom stereocenters. The third-order valence-electron chi connectivity index (χ3n) is 2.08. The summed E-state index contributed by atoms with van der Waals surface area (Å²) in [5.41, 5.74) is 1.61. The van der Waals surface area contributed by atoms with Crippen LogP contribution in [0, 0.1) is 5.82 Å². The molecule has 0 atom stereocenters. The lowest BCUT2D eigenvalue weighted by Crippen LogP contribution is -2.03. The molecule has 6 heteroatoms. The van der Waals surface area contributed by atoms with Crippen LogP contribution in [0.2, 0.25) is 0 Å². The van der Waals surface area contributed by atoms with E-state index in [1.54, 1.807) is 7.85 Å². The SMILES string of the molecule is Bc1cc(F)cc2nc(COC(C)=O)oc12. The van der Waals surface area contributed by atoms with Gasteiger partial charge in [0.2, 0.25) is 5.89 Å². The van der Waals surface area contributed by atoms with Crippen LogP contribution in [0.15, 0.2) is 16.5 Å². The third-order valence-corrected chi connectivity index (χ3v) is 2.08. The Bertz CT molecular complexity index is 552.